The van der Waals surface area contributed by atoms with Gasteiger partial charge < -0.3 is 19.7 Å². The third-order valence-corrected chi connectivity index (χ3v) is 5.57. The fourth-order valence-corrected chi connectivity index (χ4v) is 3.90. The van der Waals surface area contributed by atoms with Gasteiger partial charge in [-0.1, -0.05) is 48.5 Å². The molecule has 0 saturated carbocycles. The van der Waals surface area contributed by atoms with Gasteiger partial charge in [0.05, 0.1) is 12.0 Å². The Morgan fingerprint density at radius 1 is 1.12 bits per heavy atom. The van der Waals surface area contributed by atoms with Gasteiger partial charge in [-0.15, -0.1) is 0 Å². The lowest BCUT2D eigenvalue weighted by molar-refractivity contribution is -0.142. The molecular formula is C24H26N4O4. The van der Waals surface area contributed by atoms with E-state index in [4.69, 9.17) is 4.74 Å². The smallest absolute Gasteiger partial charge is 0.407 e. The first-order chi connectivity index (χ1) is 15.6. The Morgan fingerprint density at radius 3 is 2.56 bits per heavy atom. The van der Waals surface area contributed by atoms with Crippen LogP contribution in [0.5, 0.6) is 0 Å². The highest BCUT2D eigenvalue weighted by Crippen LogP contribution is 2.17. The Balaban J connectivity index is 1.30. The average molecular weight is 434 g/mol. The van der Waals surface area contributed by atoms with Crippen molar-refractivity contribution in [2.45, 2.75) is 31.5 Å². The number of alkyl carbamates (subject to hydrolysis) is 1. The zero-order valence-corrected chi connectivity index (χ0v) is 17.6. The van der Waals surface area contributed by atoms with E-state index >= 15 is 0 Å². The molecule has 8 nitrogen and oxygen atoms in total. The molecule has 2 atom stereocenters. The van der Waals surface area contributed by atoms with Crippen LogP contribution in [-0.4, -0.2) is 56.8 Å². The molecule has 0 bridgehead atoms. The van der Waals surface area contributed by atoms with E-state index in [9.17, 15) is 14.7 Å². The number of carbonyl (C=O) groups excluding carboxylic acids is 1. The summed E-state index contributed by atoms with van der Waals surface area (Å²) in [5.74, 6) is -0.897. The van der Waals surface area contributed by atoms with Gasteiger partial charge in [-0.2, -0.15) is 0 Å². The van der Waals surface area contributed by atoms with Crippen LogP contribution in [0.2, 0.25) is 0 Å². The van der Waals surface area contributed by atoms with Gasteiger partial charge in [-0.25, -0.2) is 9.78 Å². The number of carboxylic acids is 1. The van der Waals surface area contributed by atoms with E-state index in [1.165, 1.54) is 0 Å². The molecule has 2 N–H and O–H groups in total. The number of rotatable bonds is 8. The zero-order valence-electron chi connectivity index (χ0n) is 17.6. The number of ether oxygens (including phenoxy) is 1. The van der Waals surface area contributed by atoms with Crippen LogP contribution in [0, 0.1) is 0 Å². The number of para-hydroxylation sites is 1. The summed E-state index contributed by atoms with van der Waals surface area (Å²) in [6.45, 7) is 1.24. The normalized spacial score (nSPS) is 17.1. The Morgan fingerprint density at radius 2 is 1.84 bits per heavy atom. The molecule has 0 radical (unpaired) electrons. The molecule has 1 amide bonds. The Kier molecular flexibility index (Phi) is 6.81. The number of carbonyl (C=O) groups is 2. The first-order valence-electron chi connectivity index (χ1n) is 10.6. The number of carboxylic acid groups (broad SMARTS) is 1. The minimum atomic E-state index is -0.897. The Hall–Kier alpha value is -3.65. The van der Waals surface area contributed by atoms with Crippen molar-refractivity contribution in [3.63, 3.8) is 0 Å². The van der Waals surface area contributed by atoms with E-state index in [0.29, 0.717) is 31.6 Å². The van der Waals surface area contributed by atoms with Gasteiger partial charge in [0.15, 0.2) is 0 Å². The standard InChI is InChI=1S/C24H26N4O4/c29-23(30)22(13-20-15-28(17-25-20)21-9-5-2-6-10-21)27-12-11-19(14-27)26-24(31)32-16-18-7-3-1-4-8-18/h1-10,15,17,19,22H,11-14,16H2,(H,26,31)(H,29,30). The molecular weight excluding hydrogens is 408 g/mol. The largest absolute Gasteiger partial charge is 0.480 e. The number of likely N-dealkylation sites (tertiary alicyclic amines) is 1. The molecule has 0 aliphatic carbocycles. The topological polar surface area (TPSA) is 96.7 Å². The van der Waals surface area contributed by atoms with Crippen molar-refractivity contribution in [2.24, 2.45) is 0 Å². The Labute approximate surface area is 186 Å². The molecule has 2 heterocycles. The van der Waals surface area contributed by atoms with Crippen LogP contribution in [0.3, 0.4) is 0 Å². The minimum absolute atomic E-state index is 0.151. The van der Waals surface area contributed by atoms with Gasteiger partial charge >= 0.3 is 12.1 Å². The van der Waals surface area contributed by atoms with Gasteiger partial charge in [0.1, 0.15) is 12.6 Å². The summed E-state index contributed by atoms with van der Waals surface area (Å²) in [5.41, 5.74) is 2.59. The molecule has 1 aromatic heterocycles. The van der Waals surface area contributed by atoms with Gasteiger partial charge in [0, 0.05) is 37.4 Å². The quantitative estimate of drug-likeness (QED) is 0.566. The number of nitrogens with zero attached hydrogens (tertiary/aromatic N) is 3. The van der Waals surface area contributed by atoms with E-state index in [2.05, 4.69) is 10.3 Å². The lowest BCUT2D eigenvalue weighted by Gasteiger charge is -2.23. The number of aliphatic carboxylic acids is 1. The van der Waals surface area contributed by atoms with Crippen LogP contribution in [0.1, 0.15) is 17.7 Å². The Bertz CT molecular complexity index is 1040. The second-order valence-electron chi connectivity index (χ2n) is 7.85. The van der Waals surface area contributed by atoms with Crippen molar-refractivity contribution in [3.8, 4) is 5.69 Å². The molecule has 1 saturated heterocycles. The summed E-state index contributed by atoms with van der Waals surface area (Å²) < 4.78 is 7.16. The molecule has 1 aliphatic heterocycles. The maximum Gasteiger partial charge on any atom is 0.407 e. The van der Waals surface area contributed by atoms with E-state index in [1.807, 2.05) is 76.3 Å². The monoisotopic (exact) mass is 434 g/mol. The SMILES string of the molecule is O=C(NC1CCN(C(Cc2cn(-c3ccccc3)cn2)C(=O)O)C1)OCc1ccccc1. The van der Waals surface area contributed by atoms with Crippen LogP contribution >= 0.6 is 0 Å². The van der Waals surface area contributed by atoms with Crippen LogP contribution in [0.4, 0.5) is 4.79 Å². The molecule has 8 heteroatoms. The maximum absolute atomic E-state index is 12.1. The number of benzene rings is 2. The van der Waals surface area contributed by atoms with Crippen molar-refractivity contribution < 1.29 is 19.4 Å². The van der Waals surface area contributed by atoms with Crippen molar-refractivity contribution in [2.75, 3.05) is 13.1 Å². The van der Waals surface area contributed by atoms with Crippen molar-refractivity contribution in [1.29, 1.82) is 0 Å². The highest BCUT2D eigenvalue weighted by Gasteiger charge is 2.33. The molecule has 4 rings (SSSR count). The fourth-order valence-electron chi connectivity index (χ4n) is 3.90. The third-order valence-electron chi connectivity index (χ3n) is 5.57. The minimum Gasteiger partial charge on any atom is -0.480 e. The van der Waals surface area contributed by atoms with Gasteiger partial charge in [0.2, 0.25) is 0 Å². The maximum atomic E-state index is 12.1. The molecule has 2 aromatic carbocycles. The van der Waals surface area contributed by atoms with Crippen molar-refractivity contribution in [1.82, 2.24) is 19.8 Å². The summed E-state index contributed by atoms with van der Waals surface area (Å²) >= 11 is 0. The van der Waals surface area contributed by atoms with Crippen LogP contribution in [0.25, 0.3) is 5.69 Å². The predicted molar refractivity (Wildman–Crippen MR) is 118 cm³/mol. The molecule has 32 heavy (non-hydrogen) atoms. The fraction of sp³-hybridized carbons (Fsp3) is 0.292. The van der Waals surface area contributed by atoms with Crippen LogP contribution in [-0.2, 0) is 22.6 Å². The van der Waals surface area contributed by atoms with Crippen LogP contribution in [0.15, 0.2) is 73.2 Å². The highest BCUT2D eigenvalue weighted by atomic mass is 16.5. The van der Waals surface area contributed by atoms with Gasteiger partial charge in [0.25, 0.3) is 0 Å². The molecule has 3 aromatic rings. The van der Waals surface area contributed by atoms with Crippen LogP contribution < -0.4 is 5.32 Å². The van der Waals surface area contributed by atoms with Gasteiger partial charge in [-0.3, -0.25) is 9.69 Å². The number of nitrogens with one attached hydrogen (secondary N) is 1. The number of hydrogen-bond donors (Lipinski definition) is 2. The third kappa shape index (κ3) is 5.53. The number of hydrogen-bond acceptors (Lipinski definition) is 5. The number of aromatic nitrogens is 2. The highest BCUT2D eigenvalue weighted by molar-refractivity contribution is 5.74. The molecule has 2 unspecified atom stereocenters. The summed E-state index contributed by atoms with van der Waals surface area (Å²) in [4.78, 5) is 30.4. The van der Waals surface area contributed by atoms with Gasteiger partial charge in [-0.05, 0) is 24.1 Å². The first-order valence-corrected chi connectivity index (χ1v) is 10.6. The van der Waals surface area contributed by atoms with Crippen molar-refractivity contribution in [3.05, 3.63) is 84.4 Å². The van der Waals surface area contributed by atoms with E-state index < -0.39 is 18.1 Å². The first kappa shape index (κ1) is 21.6. The number of amides is 1. The predicted octanol–water partition coefficient (Wildman–Crippen LogP) is 2.87. The summed E-state index contributed by atoms with van der Waals surface area (Å²) in [7, 11) is 0. The van der Waals surface area contributed by atoms with E-state index in [0.717, 1.165) is 11.3 Å². The van der Waals surface area contributed by atoms with Crippen molar-refractivity contribution >= 4 is 12.1 Å². The molecule has 166 valence electrons. The zero-order chi connectivity index (χ0) is 22.3. The van der Waals surface area contributed by atoms with E-state index in [1.54, 1.807) is 6.33 Å². The van der Waals surface area contributed by atoms with E-state index in [-0.39, 0.29) is 12.6 Å². The molecule has 0 spiro atoms. The average Bonchev–Trinajstić information content (AvgIpc) is 3.47. The summed E-state index contributed by atoms with van der Waals surface area (Å²) in [6, 6.07) is 18.4. The molecule has 1 aliphatic rings. The second kappa shape index (κ2) is 10.1. The molecule has 1 fully saturated rings. The summed E-state index contributed by atoms with van der Waals surface area (Å²) in [5, 5.41) is 12.7. The lowest BCUT2D eigenvalue weighted by Crippen LogP contribution is -2.44. The lowest BCUT2D eigenvalue weighted by atomic mass is 10.1. The number of imidazole rings is 1. The second-order valence-corrected chi connectivity index (χ2v) is 7.85. The summed E-state index contributed by atoms with van der Waals surface area (Å²) in [6.07, 6.45) is 4.02.